The predicted octanol–water partition coefficient (Wildman–Crippen LogP) is 0.977. The lowest BCUT2D eigenvalue weighted by atomic mass is 9.95. The molecular formula is C10H19NO2S. The molecule has 0 radical (unpaired) electrons. The SMILES string of the molecule is C=C(CNC)CC1CCS(=O)(=O)CC1. The molecule has 1 fully saturated rings. The lowest BCUT2D eigenvalue weighted by Crippen LogP contribution is -2.24. The molecule has 0 aromatic rings. The molecule has 0 aromatic heterocycles. The van der Waals surface area contributed by atoms with Crippen molar-refractivity contribution in [2.24, 2.45) is 5.92 Å². The Morgan fingerprint density at radius 2 is 2.00 bits per heavy atom. The van der Waals surface area contributed by atoms with Crippen molar-refractivity contribution in [2.75, 3.05) is 25.1 Å². The van der Waals surface area contributed by atoms with Gasteiger partial charge in [-0.1, -0.05) is 12.2 Å². The van der Waals surface area contributed by atoms with Crippen LogP contribution < -0.4 is 5.32 Å². The van der Waals surface area contributed by atoms with Crippen LogP contribution in [-0.2, 0) is 9.84 Å². The van der Waals surface area contributed by atoms with E-state index in [4.69, 9.17) is 0 Å². The van der Waals surface area contributed by atoms with Crippen molar-refractivity contribution in [1.82, 2.24) is 5.32 Å². The molecule has 1 aliphatic heterocycles. The highest BCUT2D eigenvalue weighted by Gasteiger charge is 2.23. The third kappa shape index (κ3) is 3.80. The first-order chi connectivity index (χ1) is 6.53. The van der Waals surface area contributed by atoms with Gasteiger partial charge in [0.15, 0.2) is 0 Å². The van der Waals surface area contributed by atoms with Gasteiger partial charge >= 0.3 is 0 Å². The van der Waals surface area contributed by atoms with E-state index in [1.165, 1.54) is 5.57 Å². The average Bonchev–Trinajstić information content (AvgIpc) is 2.09. The molecule has 14 heavy (non-hydrogen) atoms. The Labute approximate surface area is 86.5 Å². The molecule has 0 unspecified atom stereocenters. The topological polar surface area (TPSA) is 46.2 Å². The van der Waals surface area contributed by atoms with Crippen molar-refractivity contribution in [2.45, 2.75) is 19.3 Å². The number of rotatable bonds is 4. The fourth-order valence-electron chi connectivity index (χ4n) is 1.87. The van der Waals surface area contributed by atoms with Crippen LogP contribution in [0.15, 0.2) is 12.2 Å². The smallest absolute Gasteiger partial charge is 0.150 e. The molecule has 0 amide bonds. The van der Waals surface area contributed by atoms with Crippen LogP contribution in [0.25, 0.3) is 0 Å². The van der Waals surface area contributed by atoms with E-state index in [0.717, 1.165) is 25.8 Å². The molecule has 1 rings (SSSR count). The van der Waals surface area contributed by atoms with Crippen molar-refractivity contribution < 1.29 is 8.42 Å². The summed E-state index contributed by atoms with van der Waals surface area (Å²) < 4.78 is 22.3. The number of sulfone groups is 1. The number of hydrogen-bond acceptors (Lipinski definition) is 3. The molecule has 0 atom stereocenters. The lowest BCUT2D eigenvalue weighted by Gasteiger charge is -2.22. The Morgan fingerprint density at radius 1 is 1.43 bits per heavy atom. The van der Waals surface area contributed by atoms with Gasteiger partial charge < -0.3 is 5.32 Å². The largest absolute Gasteiger partial charge is 0.316 e. The van der Waals surface area contributed by atoms with Gasteiger partial charge in [0, 0.05) is 6.54 Å². The first-order valence-corrected chi connectivity index (χ1v) is 6.87. The second-order valence-electron chi connectivity index (χ2n) is 4.08. The van der Waals surface area contributed by atoms with E-state index in [2.05, 4.69) is 11.9 Å². The maximum Gasteiger partial charge on any atom is 0.150 e. The fraction of sp³-hybridized carbons (Fsp3) is 0.800. The maximum absolute atomic E-state index is 11.2. The van der Waals surface area contributed by atoms with Crippen LogP contribution in [0, 0.1) is 5.92 Å². The first-order valence-electron chi connectivity index (χ1n) is 5.05. The summed E-state index contributed by atoms with van der Waals surface area (Å²) in [5, 5.41) is 3.06. The Kier molecular flexibility index (Phi) is 4.13. The van der Waals surface area contributed by atoms with Gasteiger partial charge in [0.05, 0.1) is 11.5 Å². The van der Waals surface area contributed by atoms with Crippen LogP contribution in [0.3, 0.4) is 0 Å². The summed E-state index contributed by atoms with van der Waals surface area (Å²) in [7, 11) is -0.810. The van der Waals surface area contributed by atoms with Gasteiger partial charge in [-0.2, -0.15) is 0 Å². The lowest BCUT2D eigenvalue weighted by molar-refractivity contribution is 0.458. The molecule has 0 spiro atoms. The van der Waals surface area contributed by atoms with Crippen molar-refractivity contribution in [3.63, 3.8) is 0 Å². The van der Waals surface area contributed by atoms with E-state index in [-0.39, 0.29) is 0 Å². The number of likely N-dealkylation sites (N-methyl/N-ethyl adjacent to an activating group) is 1. The van der Waals surface area contributed by atoms with Crippen LogP contribution in [0.5, 0.6) is 0 Å². The van der Waals surface area contributed by atoms with Crippen molar-refractivity contribution in [3.8, 4) is 0 Å². The molecule has 82 valence electrons. The van der Waals surface area contributed by atoms with E-state index >= 15 is 0 Å². The first kappa shape index (κ1) is 11.7. The van der Waals surface area contributed by atoms with Gasteiger partial charge in [-0.15, -0.1) is 0 Å². The summed E-state index contributed by atoms with van der Waals surface area (Å²) in [6.45, 7) is 4.80. The molecule has 1 aliphatic rings. The molecule has 1 heterocycles. The summed E-state index contributed by atoms with van der Waals surface area (Å²) in [6, 6.07) is 0. The molecule has 0 aliphatic carbocycles. The third-order valence-electron chi connectivity index (χ3n) is 2.68. The second kappa shape index (κ2) is 4.94. The van der Waals surface area contributed by atoms with Gasteiger partial charge in [0.25, 0.3) is 0 Å². The normalized spacial score (nSPS) is 22.1. The monoisotopic (exact) mass is 217 g/mol. The van der Waals surface area contributed by atoms with Crippen LogP contribution in [0.1, 0.15) is 19.3 Å². The zero-order valence-corrected chi connectivity index (χ0v) is 9.57. The molecule has 1 saturated heterocycles. The predicted molar refractivity (Wildman–Crippen MR) is 59.1 cm³/mol. The Morgan fingerprint density at radius 3 is 2.50 bits per heavy atom. The summed E-state index contributed by atoms with van der Waals surface area (Å²) in [5.74, 6) is 1.26. The van der Waals surface area contributed by atoms with E-state index in [9.17, 15) is 8.42 Å². The van der Waals surface area contributed by atoms with Gasteiger partial charge in [-0.25, -0.2) is 8.42 Å². The van der Waals surface area contributed by atoms with Crippen LogP contribution in [0.4, 0.5) is 0 Å². The van der Waals surface area contributed by atoms with Gasteiger partial charge in [0.1, 0.15) is 9.84 Å². The highest BCUT2D eigenvalue weighted by Crippen LogP contribution is 2.24. The summed E-state index contributed by atoms with van der Waals surface area (Å²) in [6.07, 6.45) is 2.59. The van der Waals surface area contributed by atoms with E-state index in [1.54, 1.807) is 0 Å². The minimum atomic E-state index is -2.71. The van der Waals surface area contributed by atoms with Gasteiger partial charge in [-0.05, 0) is 32.2 Å². The zero-order valence-electron chi connectivity index (χ0n) is 8.75. The minimum Gasteiger partial charge on any atom is -0.316 e. The van der Waals surface area contributed by atoms with Crippen LogP contribution >= 0.6 is 0 Å². The van der Waals surface area contributed by atoms with Crippen LogP contribution in [-0.4, -0.2) is 33.5 Å². The molecule has 0 bridgehead atoms. The fourth-order valence-corrected chi connectivity index (χ4v) is 3.46. The summed E-state index contributed by atoms with van der Waals surface area (Å²) in [4.78, 5) is 0. The van der Waals surface area contributed by atoms with Crippen LogP contribution in [0.2, 0.25) is 0 Å². The number of hydrogen-bond donors (Lipinski definition) is 1. The average molecular weight is 217 g/mol. The molecular weight excluding hydrogens is 198 g/mol. The minimum absolute atomic E-state index is 0.366. The van der Waals surface area contributed by atoms with E-state index in [0.29, 0.717) is 17.4 Å². The van der Waals surface area contributed by atoms with Gasteiger partial charge in [-0.3, -0.25) is 0 Å². The molecule has 1 N–H and O–H groups in total. The van der Waals surface area contributed by atoms with Crippen molar-refractivity contribution in [3.05, 3.63) is 12.2 Å². The second-order valence-corrected chi connectivity index (χ2v) is 6.38. The highest BCUT2D eigenvalue weighted by atomic mass is 32.2. The highest BCUT2D eigenvalue weighted by molar-refractivity contribution is 7.91. The molecule has 3 nitrogen and oxygen atoms in total. The van der Waals surface area contributed by atoms with E-state index in [1.807, 2.05) is 7.05 Å². The quantitative estimate of drug-likeness (QED) is 0.714. The maximum atomic E-state index is 11.2. The number of nitrogens with one attached hydrogen (secondary N) is 1. The van der Waals surface area contributed by atoms with E-state index < -0.39 is 9.84 Å². The van der Waals surface area contributed by atoms with Crippen molar-refractivity contribution >= 4 is 9.84 Å². The third-order valence-corrected chi connectivity index (χ3v) is 4.39. The standard InChI is InChI=1S/C10H19NO2S/c1-9(8-11-2)7-10-3-5-14(12,13)6-4-10/h10-11H,1,3-8H2,2H3. The van der Waals surface area contributed by atoms with Crippen molar-refractivity contribution in [1.29, 1.82) is 0 Å². The Balaban J connectivity index is 2.32. The molecule has 0 aromatic carbocycles. The summed E-state index contributed by atoms with van der Waals surface area (Å²) >= 11 is 0. The van der Waals surface area contributed by atoms with Gasteiger partial charge in [0.2, 0.25) is 0 Å². The molecule has 4 heteroatoms. The zero-order chi connectivity index (χ0) is 10.6. The molecule has 0 saturated carbocycles. The Hall–Kier alpha value is -0.350. The Bertz CT molecular complexity index is 281. The summed E-state index contributed by atoms with van der Waals surface area (Å²) in [5.41, 5.74) is 1.18.